The number of nitrogens with zero attached hydrogens (tertiary/aromatic N) is 1. The zero-order chi connectivity index (χ0) is 21.1. The van der Waals surface area contributed by atoms with Crippen molar-refractivity contribution >= 4 is 8.80 Å². The average molecular weight is 419 g/mol. The van der Waals surface area contributed by atoms with Gasteiger partial charge in [-0.25, -0.2) is 0 Å². The van der Waals surface area contributed by atoms with Gasteiger partial charge in [-0.05, 0) is 26.7 Å². The van der Waals surface area contributed by atoms with Gasteiger partial charge in [0, 0.05) is 12.5 Å². The van der Waals surface area contributed by atoms with Crippen LogP contribution in [0.2, 0.25) is 6.04 Å². The van der Waals surface area contributed by atoms with Gasteiger partial charge in [-0.3, -0.25) is 0 Å². The topological polar surface area (TPSA) is 60.7 Å². The third-order valence-electron chi connectivity index (χ3n) is 6.47. The van der Waals surface area contributed by atoms with Gasteiger partial charge in [0.25, 0.3) is 0 Å². The van der Waals surface area contributed by atoms with Crippen molar-refractivity contribution in [3.8, 4) is 0 Å². The first-order valence-corrected chi connectivity index (χ1v) is 14.5. The molecule has 0 heterocycles. The summed E-state index contributed by atoms with van der Waals surface area (Å²) in [5, 5.41) is 0. The van der Waals surface area contributed by atoms with E-state index < -0.39 is 8.80 Å². The Morgan fingerprint density at radius 3 is 1.21 bits per heavy atom. The molecule has 0 bridgehead atoms. The van der Waals surface area contributed by atoms with Gasteiger partial charge >= 0.3 is 8.80 Å². The molecule has 4 nitrogen and oxygen atoms in total. The first-order chi connectivity index (χ1) is 13.4. The third-order valence-corrected chi connectivity index (χ3v) is 7.50. The molecule has 170 valence electrons. The highest BCUT2D eigenvalue weighted by Crippen LogP contribution is 2.16. The smallest absolute Gasteiger partial charge is 0.390 e. The minimum absolute atomic E-state index is 0.172. The van der Waals surface area contributed by atoms with Crippen molar-refractivity contribution in [3.63, 3.8) is 0 Å². The molecule has 0 fully saturated rings. The van der Waals surface area contributed by atoms with Crippen LogP contribution in [0.25, 0.3) is 0 Å². The van der Waals surface area contributed by atoms with Gasteiger partial charge in [0.2, 0.25) is 0 Å². The molecule has 0 spiro atoms. The number of hydrogen-bond acceptors (Lipinski definition) is 3. The lowest BCUT2D eigenvalue weighted by Crippen LogP contribution is -2.49. The van der Waals surface area contributed by atoms with Gasteiger partial charge in [0.15, 0.2) is 0 Å². The number of quaternary nitrogens is 1. The average Bonchev–Trinajstić information content (AvgIpc) is 2.66. The summed E-state index contributed by atoms with van der Waals surface area (Å²) in [4.78, 5) is 27.6. The van der Waals surface area contributed by atoms with Gasteiger partial charge in [0.05, 0.1) is 26.2 Å². The summed E-state index contributed by atoms with van der Waals surface area (Å²) in [5.74, 6) is 0. The molecule has 0 saturated carbocycles. The van der Waals surface area contributed by atoms with E-state index in [1.807, 2.05) is 0 Å². The van der Waals surface area contributed by atoms with E-state index in [4.69, 9.17) is 0 Å². The molecule has 0 aromatic heterocycles. The lowest BCUT2D eigenvalue weighted by Gasteiger charge is -2.37. The highest BCUT2D eigenvalue weighted by Gasteiger charge is 2.29. The molecule has 5 heteroatoms. The summed E-state index contributed by atoms with van der Waals surface area (Å²) in [5.41, 5.74) is 0. The quantitative estimate of drug-likeness (QED) is 0.129. The second-order valence-electron chi connectivity index (χ2n) is 8.90. The highest BCUT2D eigenvalue weighted by atomic mass is 28.4. The molecule has 0 atom stereocenters. The number of rotatable bonds is 21. The van der Waals surface area contributed by atoms with E-state index in [9.17, 15) is 14.4 Å². The summed E-state index contributed by atoms with van der Waals surface area (Å²) >= 11 is 0. The fraction of sp³-hybridized carbons (Fsp3) is 1.00. The standard InChI is InChI=1S/C23H52NO3Si/c1-4-7-8-9-10-11-12-13-14-15-16-17-18-19-21-24(5-2,6-3)22-20-23-28(25,26)27/h25-27H,4-23H2,1-3H3/q+1. The molecule has 0 aromatic rings. The van der Waals surface area contributed by atoms with Gasteiger partial charge in [-0.1, -0.05) is 84.0 Å². The van der Waals surface area contributed by atoms with Crippen molar-refractivity contribution in [2.45, 2.75) is 123 Å². The zero-order valence-electron chi connectivity index (χ0n) is 19.4. The molecule has 0 aliphatic heterocycles. The van der Waals surface area contributed by atoms with Gasteiger partial charge in [-0.15, -0.1) is 0 Å². The van der Waals surface area contributed by atoms with Gasteiger partial charge in [0.1, 0.15) is 0 Å². The maximum atomic E-state index is 9.21. The van der Waals surface area contributed by atoms with Gasteiger partial charge in [-0.2, -0.15) is 0 Å². The Kier molecular flexibility index (Phi) is 17.9. The Hall–Kier alpha value is 0.0569. The molecule has 0 radical (unpaired) electrons. The highest BCUT2D eigenvalue weighted by molar-refractivity contribution is 6.56. The van der Waals surface area contributed by atoms with E-state index >= 15 is 0 Å². The van der Waals surface area contributed by atoms with Crippen LogP contribution in [0.15, 0.2) is 0 Å². The molecule has 0 aliphatic rings. The molecule has 0 saturated heterocycles. The lowest BCUT2D eigenvalue weighted by molar-refractivity contribution is -0.925. The third kappa shape index (κ3) is 17.0. The Balaban J connectivity index is 3.60. The van der Waals surface area contributed by atoms with Crippen LogP contribution < -0.4 is 0 Å². The van der Waals surface area contributed by atoms with Crippen molar-refractivity contribution < 1.29 is 18.9 Å². The van der Waals surface area contributed by atoms with Crippen LogP contribution >= 0.6 is 0 Å². The van der Waals surface area contributed by atoms with Crippen molar-refractivity contribution in [1.29, 1.82) is 0 Å². The van der Waals surface area contributed by atoms with E-state index in [0.717, 1.165) is 24.1 Å². The van der Waals surface area contributed by atoms with Crippen LogP contribution in [0.5, 0.6) is 0 Å². The SMILES string of the molecule is CCCCCCCCCCCCCCCC[N+](CC)(CC)CCC[Si](O)(O)O. The fourth-order valence-electron chi connectivity index (χ4n) is 4.26. The molecule has 0 rings (SSSR count). The van der Waals surface area contributed by atoms with E-state index in [0.29, 0.717) is 6.42 Å². The minimum Gasteiger partial charge on any atom is -0.390 e. The summed E-state index contributed by atoms with van der Waals surface area (Å²) in [6.07, 6.45) is 20.2. The summed E-state index contributed by atoms with van der Waals surface area (Å²) in [6, 6.07) is 0.172. The minimum atomic E-state index is -3.87. The van der Waals surface area contributed by atoms with Crippen LogP contribution in [-0.2, 0) is 0 Å². The van der Waals surface area contributed by atoms with E-state index in [1.165, 1.54) is 96.4 Å². The van der Waals surface area contributed by atoms with Crippen LogP contribution in [-0.4, -0.2) is 53.9 Å². The molecule has 0 aliphatic carbocycles. The van der Waals surface area contributed by atoms with Crippen molar-refractivity contribution in [1.82, 2.24) is 0 Å². The normalized spacial score (nSPS) is 12.6. The lowest BCUT2D eigenvalue weighted by atomic mass is 10.0. The maximum Gasteiger partial charge on any atom is 0.492 e. The largest absolute Gasteiger partial charge is 0.492 e. The summed E-state index contributed by atoms with van der Waals surface area (Å²) in [7, 11) is -3.87. The van der Waals surface area contributed by atoms with Crippen LogP contribution in [0, 0.1) is 0 Å². The predicted molar refractivity (Wildman–Crippen MR) is 123 cm³/mol. The molecule has 0 amide bonds. The molecular weight excluding hydrogens is 366 g/mol. The summed E-state index contributed by atoms with van der Waals surface area (Å²) in [6.45, 7) is 11.0. The Bertz CT molecular complexity index is 330. The number of hydrogen-bond donors (Lipinski definition) is 3. The second-order valence-corrected chi connectivity index (χ2v) is 10.9. The predicted octanol–water partition coefficient (Wildman–Crippen LogP) is 5.63. The molecule has 3 N–H and O–H groups in total. The second kappa shape index (κ2) is 17.9. The molecular formula is C23H52NO3Si+. The first kappa shape index (κ1) is 28.1. The number of unbranched alkanes of at least 4 members (excludes halogenated alkanes) is 13. The molecule has 0 aromatic carbocycles. The Morgan fingerprint density at radius 1 is 0.500 bits per heavy atom. The van der Waals surface area contributed by atoms with E-state index in [-0.39, 0.29) is 6.04 Å². The Morgan fingerprint density at radius 2 is 0.857 bits per heavy atom. The van der Waals surface area contributed by atoms with Crippen molar-refractivity contribution in [3.05, 3.63) is 0 Å². The summed E-state index contributed by atoms with van der Waals surface area (Å²) < 4.78 is 1.04. The van der Waals surface area contributed by atoms with Crippen molar-refractivity contribution in [2.75, 3.05) is 26.2 Å². The van der Waals surface area contributed by atoms with E-state index in [1.54, 1.807) is 0 Å². The van der Waals surface area contributed by atoms with Crippen molar-refractivity contribution in [2.24, 2.45) is 0 Å². The van der Waals surface area contributed by atoms with Crippen LogP contribution in [0.1, 0.15) is 117 Å². The zero-order valence-corrected chi connectivity index (χ0v) is 20.4. The Labute approximate surface area is 177 Å². The fourth-order valence-corrected chi connectivity index (χ4v) is 4.89. The van der Waals surface area contributed by atoms with Crippen LogP contribution in [0.4, 0.5) is 0 Å². The first-order valence-electron chi connectivity index (χ1n) is 12.4. The van der Waals surface area contributed by atoms with E-state index in [2.05, 4.69) is 20.8 Å². The monoisotopic (exact) mass is 418 g/mol. The van der Waals surface area contributed by atoms with Gasteiger partial charge < -0.3 is 18.9 Å². The maximum absolute atomic E-state index is 9.21. The van der Waals surface area contributed by atoms with Crippen LogP contribution in [0.3, 0.4) is 0 Å². The molecule has 0 unspecified atom stereocenters. The molecule has 28 heavy (non-hydrogen) atoms.